The van der Waals surface area contributed by atoms with E-state index in [0.29, 0.717) is 44.0 Å². The van der Waals surface area contributed by atoms with Crippen molar-refractivity contribution >= 4 is 11.9 Å². The van der Waals surface area contributed by atoms with Crippen molar-refractivity contribution in [1.82, 2.24) is 15.1 Å². The molecule has 0 aliphatic carbocycles. The normalized spacial score (nSPS) is 15.2. The molecule has 6 nitrogen and oxygen atoms in total. The number of nitrogens with one attached hydrogen (secondary N) is 1. The molecule has 116 valence electrons. The van der Waals surface area contributed by atoms with Gasteiger partial charge in [0, 0.05) is 38.3 Å². The summed E-state index contributed by atoms with van der Waals surface area (Å²) in [5.74, 6) is 1.45. The van der Waals surface area contributed by atoms with Gasteiger partial charge in [-0.05, 0) is 27.7 Å². The molecule has 21 heavy (non-hydrogen) atoms. The molecule has 6 heteroatoms. The van der Waals surface area contributed by atoms with Crippen LogP contribution < -0.4 is 5.32 Å². The molecule has 0 spiro atoms. The number of carbonyl (C=O) groups excluding carboxylic acids is 2. The summed E-state index contributed by atoms with van der Waals surface area (Å²) in [7, 11) is 0. The third kappa shape index (κ3) is 3.04. The molecule has 1 fully saturated rings. The fourth-order valence-electron chi connectivity index (χ4n) is 2.64. The molecule has 1 N–H and O–H groups in total. The van der Waals surface area contributed by atoms with Crippen molar-refractivity contribution in [2.45, 2.75) is 27.7 Å². The third-order valence-corrected chi connectivity index (χ3v) is 3.96. The van der Waals surface area contributed by atoms with Gasteiger partial charge in [-0.2, -0.15) is 0 Å². The van der Waals surface area contributed by atoms with Gasteiger partial charge in [-0.3, -0.25) is 4.79 Å². The summed E-state index contributed by atoms with van der Waals surface area (Å²) in [6.45, 7) is 10.3. The maximum Gasteiger partial charge on any atom is 0.317 e. The lowest BCUT2D eigenvalue weighted by atomic mass is 10.1. The van der Waals surface area contributed by atoms with Crippen LogP contribution in [0.2, 0.25) is 0 Å². The summed E-state index contributed by atoms with van der Waals surface area (Å²) in [4.78, 5) is 27.9. The highest BCUT2D eigenvalue weighted by Gasteiger charge is 2.28. The minimum absolute atomic E-state index is 0.00241. The van der Waals surface area contributed by atoms with E-state index in [-0.39, 0.29) is 11.9 Å². The van der Waals surface area contributed by atoms with Crippen LogP contribution in [0.15, 0.2) is 4.42 Å². The smallest absolute Gasteiger partial charge is 0.317 e. The summed E-state index contributed by atoms with van der Waals surface area (Å²) in [6, 6.07) is -0.0592. The molecule has 3 amide bonds. The largest absolute Gasteiger partial charge is 0.466 e. The van der Waals surface area contributed by atoms with E-state index in [1.807, 2.05) is 27.7 Å². The Balaban J connectivity index is 2.02. The SMILES string of the molecule is CCNC(=O)N1CCN(C(=O)c2c(C)oc(C)c2C)CC1. The van der Waals surface area contributed by atoms with Crippen LogP contribution in [0.5, 0.6) is 0 Å². The quantitative estimate of drug-likeness (QED) is 0.902. The van der Waals surface area contributed by atoms with Gasteiger partial charge in [0.25, 0.3) is 5.91 Å². The lowest BCUT2D eigenvalue weighted by molar-refractivity contribution is 0.0663. The Morgan fingerprint density at radius 1 is 1.05 bits per heavy atom. The van der Waals surface area contributed by atoms with E-state index < -0.39 is 0 Å². The van der Waals surface area contributed by atoms with Crippen molar-refractivity contribution < 1.29 is 14.0 Å². The van der Waals surface area contributed by atoms with Gasteiger partial charge in [-0.1, -0.05) is 0 Å². The Labute approximate surface area is 125 Å². The fraction of sp³-hybridized carbons (Fsp3) is 0.600. The second-order valence-corrected chi connectivity index (χ2v) is 5.33. The fourth-order valence-corrected chi connectivity index (χ4v) is 2.64. The van der Waals surface area contributed by atoms with E-state index in [0.717, 1.165) is 11.3 Å². The molecule has 0 radical (unpaired) electrons. The Morgan fingerprint density at radius 2 is 1.62 bits per heavy atom. The number of hydrogen-bond donors (Lipinski definition) is 1. The lowest BCUT2D eigenvalue weighted by Crippen LogP contribution is -2.53. The second kappa shape index (κ2) is 6.20. The molecule has 0 aromatic carbocycles. The zero-order chi connectivity index (χ0) is 15.6. The van der Waals surface area contributed by atoms with Crippen LogP contribution in [0.3, 0.4) is 0 Å². The molecule has 0 unspecified atom stereocenters. The van der Waals surface area contributed by atoms with Crippen molar-refractivity contribution in [3.63, 3.8) is 0 Å². The highest BCUT2D eigenvalue weighted by molar-refractivity contribution is 5.97. The van der Waals surface area contributed by atoms with Crippen LogP contribution in [-0.2, 0) is 0 Å². The second-order valence-electron chi connectivity index (χ2n) is 5.33. The number of furan rings is 1. The number of aryl methyl sites for hydroxylation is 2. The van der Waals surface area contributed by atoms with Gasteiger partial charge >= 0.3 is 6.03 Å². The maximum absolute atomic E-state index is 12.6. The highest BCUT2D eigenvalue weighted by Crippen LogP contribution is 2.22. The molecule has 0 atom stereocenters. The van der Waals surface area contributed by atoms with Gasteiger partial charge in [-0.15, -0.1) is 0 Å². The van der Waals surface area contributed by atoms with Crippen molar-refractivity contribution in [3.05, 3.63) is 22.6 Å². The zero-order valence-corrected chi connectivity index (χ0v) is 13.2. The van der Waals surface area contributed by atoms with Crippen molar-refractivity contribution in [3.8, 4) is 0 Å². The van der Waals surface area contributed by atoms with Crippen LogP contribution in [0, 0.1) is 20.8 Å². The summed E-state index contributed by atoms with van der Waals surface area (Å²) in [5.41, 5.74) is 1.57. The Bertz CT molecular complexity index is 543. The van der Waals surface area contributed by atoms with E-state index in [2.05, 4.69) is 5.32 Å². The number of hydrogen-bond acceptors (Lipinski definition) is 3. The molecule has 1 aromatic rings. The standard InChI is InChI=1S/C15H23N3O3/c1-5-16-15(20)18-8-6-17(7-9-18)14(19)13-10(2)11(3)21-12(13)4/h5-9H2,1-4H3,(H,16,20). The summed E-state index contributed by atoms with van der Waals surface area (Å²) in [5, 5.41) is 2.78. The first-order valence-electron chi connectivity index (χ1n) is 7.34. The van der Waals surface area contributed by atoms with Crippen LogP contribution >= 0.6 is 0 Å². The van der Waals surface area contributed by atoms with Gasteiger partial charge < -0.3 is 19.5 Å². The minimum atomic E-state index is -0.0592. The number of nitrogens with zero attached hydrogens (tertiary/aromatic N) is 2. The van der Waals surface area contributed by atoms with Gasteiger partial charge in [0.05, 0.1) is 5.56 Å². The third-order valence-electron chi connectivity index (χ3n) is 3.96. The molecule has 1 aromatic heterocycles. The van der Waals surface area contributed by atoms with Gasteiger partial charge in [0.15, 0.2) is 0 Å². The molecule has 2 heterocycles. The maximum atomic E-state index is 12.6. The predicted molar refractivity (Wildman–Crippen MR) is 79.5 cm³/mol. The molecule has 0 bridgehead atoms. The van der Waals surface area contributed by atoms with Crippen molar-refractivity contribution in [1.29, 1.82) is 0 Å². The van der Waals surface area contributed by atoms with Gasteiger partial charge in [0.2, 0.25) is 0 Å². The molecule has 1 aliphatic heterocycles. The highest BCUT2D eigenvalue weighted by atomic mass is 16.3. The monoisotopic (exact) mass is 293 g/mol. The molecule has 1 aliphatic rings. The van der Waals surface area contributed by atoms with Gasteiger partial charge in [0.1, 0.15) is 11.5 Å². The molecule has 0 saturated carbocycles. The topological polar surface area (TPSA) is 65.8 Å². The Hall–Kier alpha value is -1.98. The number of rotatable bonds is 2. The number of amides is 3. The number of carbonyl (C=O) groups is 2. The van der Waals surface area contributed by atoms with Crippen LogP contribution in [-0.4, -0.2) is 54.5 Å². The van der Waals surface area contributed by atoms with Crippen LogP contribution in [0.4, 0.5) is 4.79 Å². The summed E-state index contributed by atoms with van der Waals surface area (Å²) < 4.78 is 5.53. The van der Waals surface area contributed by atoms with E-state index in [1.165, 1.54) is 0 Å². The lowest BCUT2D eigenvalue weighted by Gasteiger charge is -2.34. The molecular weight excluding hydrogens is 270 g/mol. The predicted octanol–water partition coefficient (Wildman–Crippen LogP) is 1.69. The van der Waals surface area contributed by atoms with Crippen LogP contribution in [0.25, 0.3) is 0 Å². The average molecular weight is 293 g/mol. The van der Waals surface area contributed by atoms with Crippen molar-refractivity contribution in [2.24, 2.45) is 0 Å². The number of urea groups is 1. The van der Waals surface area contributed by atoms with Gasteiger partial charge in [-0.25, -0.2) is 4.79 Å². The molecular formula is C15H23N3O3. The van der Waals surface area contributed by atoms with E-state index in [4.69, 9.17) is 4.42 Å². The Kier molecular flexibility index (Phi) is 4.55. The summed E-state index contributed by atoms with van der Waals surface area (Å²) >= 11 is 0. The van der Waals surface area contributed by atoms with Crippen molar-refractivity contribution in [2.75, 3.05) is 32.7 Å². The number of piperazine rings is 1. The first kappa shape index (κ1) is 15.4. The average Bonchev–Trinajstić information content (AvgIpc) is 2.72. The zero-order valence-electron chi connectivity index (χ0n) is 13.2. The molecule has 2 rings (SSSR count). The first-order valence-corrected chi connectivity index (χ1v) is 7.34. The minimum Gasteiger partial charge on any atom is -0.466 e. The van der Waals surface area contributed by atoms with Crippen LogP contribution in [0.1, 0.15) is 34.4 Å². The van der Waals surface area contributed by atoms with E-state index in [9.17, 15) is 9.59 Å². The Morgan fingerprint density at radius 3 is 2.10 bits per heavy atom. The van der Waals surface area contributed by atoms with E-state index in [1.54, 1.807) is 9.80 Å². The molecule has 1 saturated heterocycles. The summed E-state index contributed by atoms with van der Waals surface area (Å²) in [6.07, 6.45) is 0. The van der Waals surface area contributed by atoms with E-state index >= 15 is 0 Å². The first-order chi connectivity index (χ1) is 9.95.